The molecule has 4 aromatic rings. The second kappa shape index (κ2) is 7.71. The van der Waals surface area contributed by atoms with Crippen molar-refractivity contribution in [3.63, 3.8) is 0 Å². The van der Waals surface area contributed by atoms with Crippen molar-refractivity contribution < 1.29 is 9.90 Å². The second-order valence-corrected chi connectivity index (χ2v) is 7.71. The number of benzene rings is 2. The van der Waals surface area contributed by atoms with Gasteiger partial charge in [0.15, 0.2) is 5.65 Å². The van der Waals surface area contributed by atoms with Crippen LogP contribution in [-0.2, 0) is 0 Å². The average molecular weight is 414 g/mol. The summed E-state index contributed by atoms with van der Waals surface area (Å²) >= 11 is 0. The molecule has 2 heterocycles. The number of hydrogen-bond acceptors (Lipinski definition) is 6. The van der Waals surface area contributed by atoms with E-state index < -0.39 is 0 Å². The minimum Gasteiger partial charge on any atom is -0.507 e. The molecule has 0 spiro atoms. The highest BCUT2D eigenvalue weighted by Crippen LogP contribution is 2.29. The number of aromatic hydroxyl groups is 1. The monoisotopic (exact) mass is 414 g/mol. The smallest absolute Gasteiger partial charge is 0.257 e. The molecular formula is C23H22N6O2. The Labute approximate surface area is 178 Å². The molecule has 1 aliphatic carbocycles. The minimum atomic E-state index is -0.268. The summed E-state index contributed by atoms with van der Waals surface area (Å²) in [4.78, 5) is 22.5. The number of amides is 1. The Kier molecular flexibility index (Phi) is 4.74. The molecule has 1 aliphatic rings. The van der Waals surface area contributed by atoms with E-state index in [2.05, 4.69) is 20.4 Å². The van der Waals surface area contributed by atoms with Crippen LogP contribution < -0.4 is 11.1 Å². The van der Waals surface area contributed by atoms with Crippen molar-refractivity contribution in [1.82, 2.24) is 20.0 Å². The molecule has 0 bridgehead atoms. The number of hydrogen-bond donors (Lipinski definition) is 3. The third-order valence-corrected chi connectivity index (χ3v) is 5.64. The van der Waals surface area contributed by atoms with Crippen LogP contribution in [0.5, 0.6) is 5.75 Å². The van der Waals surface area contributed by atoms with Crippen LogP contribution in [0, 0.1) is 0 Å². The van der Waals surface area contributed by atoms with Gasteiger partial charge in [-0.15, -0.1) is 0 Å². The lowest BCUT2D eigenvalue weighted by Crippen LogP contribution is -2.33. The Morgan fingerprint density at radius 1 is 1.10 bits per heavy atom. The van der Waals surface area contributed by atoms with Gasteiger partial charge in [-0.2, -0.15) is 9.78 Å². The van der Waals surface area contributed by atoms with Crippen LogP contribution in [0.2, 0.25) is 0 Å². The van der Waals surface area contributed by atoms with E-state index >= 15 is 0 Å². The average Bonchev–Trinajstić information content (AvgIpc) is 3.37. The van der Waals surface area contributed by atoms with Gasteiger partial charge in [0, 0.05) is 11.6 Å². The number of aromatic nitrogens is 3. The number of nitrogen functional groups attached to an aromatic ring is 1. The first-order valence-corrected chi connectivity index (χ1v) is 10.3. The molecule has 0 saturated heterocycles. The number of para-hydroxylation sites is 3. The highest BCUT2D eigenvalue weighted by molar-refractivity contribution is 6.10. The lowest BCUT2D eigenvalue weighted by molar-refractivity contribution is 0.0940. The summed E-state index contributed by atoms with van der Waals surface area (Å²) in [5.41, 5.74) is 9.34. The van der Waals surface area contributed by atoms with Crippen LogP contribution in [0.4, 0.5) is 5.82 Å². The van der Waals surface area contributed by atoms with E-state index in [1.165, 1.54) is 10.9 Å². The topological polar surface area (TPSA) is 118 Å². The van der Waals surface area contributed by atoms with E-state index in [4.69, 9.17) is 5.73 Å². The molecule has 31 heavy (non-hydrogen) atoms. The number of phenolic OH excluding ortho intramolecular Hbond substituents is 1. The standard InChI is InChI=1S/C23H22N6O2/c24-21-19(23(31)26-15-8-2-3-9-15)20-22(28-17-11-5-4-10-16(17)27-20)29(21)25-13-14-7-1-6-12-18(14)30/h1,4-7,10-13,15,30H,2-3,8-9,24H2,(H,26,31)/b25-13+. The maximum Gasteiger partial charge on any atom is 0.257 e. The molecule has 156 valence electrons. The SMILES string of the molecule is Nc1c(C(=O)NC2CCCC2)c2nc3ccccc3nc2n1/N=C/c1ccccc1O. The predicted molar refractivity (Wildman–Crippen MR) is 120 cm³/mol. The van der Waals surface area contributed by atoms with Gasteiger partial charge in [-0.05, 0) is 37.1 Å². The summed E-state index contributed by atoms with van der Waals surface area (Å²) in [6, 6.07) is 14.4. The van der Waals surface area contributed by atoms with Crippen LogP contribution in [0.25, 0.3) is 22.2 Å². The zero-order valence-electron chi connectivity index (χ0n) is 16.8. The first kappa shape index (κ1) is 19.0. The molecule has 8 heteroatoms. The van der Waals surface area contributed by atoms with Crippen LogP contribution in [-0.4, -0.2) is 37.9 Å². The minimum absolute atomic E-state index is 0.0945. The summed E-state index contributed by atoms with van der Waals surface area (Å²) in [6.07, 6.45) is 5.63. The molecule has 4 N–H and O–H groups in total. The Balaban J connectivity index is 1.66. The van der Waals surface area contributed by atoms with E-state index in [1.807, 2.05) is 24.3 Å². The maximum absolute atomic E-state index is 13.1. The van der Waals surface area contributed by atoms with Crippen molar-refractivity contribution >= 4 is 40.1 Å². The number of carbonyl (C=O) groups is 1. The van der Waals surface area contributed by atoms with Crippen molar-refractivity contribution in [3.05, 3.63) is 59.7 Å². The fourth-order valence-corrected chi connectivity index (χ4v) is 4.03. The fraction of sp³-hybridized carbons (Fsp3) is 0.217. The normalized spacial score (nSPS) is 14.7. The number of rotatable bonds is 4. The van der Waals surface area contributed by atoms with E-state index in [0.717, 1.165) is 25.7 Å². The molecule has 2 aromatic carbocycles. The predicted octanol–water partition coefficient (Wildman–Crippen LogP) is 3.43. The Hall–Kier alpha value is -3.94. The van der Waals surface area contributed by atoms with Gasteiger partial charge < -0.3 is 16.2 Å². The van der Waals surface area contributed by atoms with Crippen molar-refractivity contribution in [1.29, 1.82) is 0 Å². The summed E-state index contributed by atoms with van der Waals surface area (Å²) in [5.74, 6) is -0.0139. The highest BCUT2D eigenvalue weighted by atomic mass is 16.3. The number of nitrogens with one attached hydrogen (secondary N) is 1. The van der Waals surface area contributed by atoms with Gasteiger partial charge in [0.05, 0.1) is 17.2 Å². The van der Waals surface area contributed by atoms with Gasteiger partial charge >= 0.3 is 0 Å². The number of phenols is 1. The Morgan fingerprint density at radius 2 is 1.77 bits per heavy atom. The Bertz CT molecular complexity index is 1320. The fourth-order valence-electron chi connectivity index (χ4n) is 4.03. The van der Waals surface area contributed by atoms with Gasteiger partial charge in [0.2, 0.25) is 0 Å². The molecule has 1 fully saturated rings. The molecule has 0 radical (unpaired) electrons. The maximum atomic E-state index is 13.1. The van der Waals surface area contributed by atoms with Crippen LogP contribution in [0.15, 0.2) is 53.6 Å². The summed E-state index contributed by atoms with van der Waals surface area (Å²) in [5, 5.41) is 17.6. The van der Waals surface area contributed by atoms with Gasteiger partial charge in [-0.1, -0.05) is 37.1 Å². The van der Waals surface area contributed by atoms with Crippen molar-refractivity contribution in [2.24, 2.45) is 5.10 Å². The van der Waals surface area contributed by atoms with Crippen LogP contribution in [0.1, 0.15) is 41.6 Å². The van der Waals surface area contributed by atoms with Crippen molar-refractivity contribution in [2.75, 3.05) is 5.73 Å². The largest absolute Gasteiger partial charge is 0.507 e. The number of nitrogens with two attached hydrogens (primary N) is 1. The van der Waals surface area contributed by atoms with E-state index in [1.54, 1.807) is 24.3 Å². The zero-order chi connectivity index (χ0) is 21.4. The molecule has 5 rings (SSSR count). The van der Waals surface area contributed by atoms with Gasteiger partial charge in [-0.25, -0.2) is 9.97 Å². The van der Waals surface area contributed by atoms with Crippen molar-refractivity contribution in [3.8, 4) is 5.75 Å². The van der Waals surface area contributed by atoms with Crippen LogP contribution in [0.3, 0.4) is 0 Å². The molecule has 0 aliphatic heterocycles. The summed E-state index contributed by atoms with van der Waals surface area (Å²) < 4.78 is 1.41. The lowest BCUT2D eigenvalue weighted by atomic mass is 10.2. The molecule has 0 atom stereocenters. The Morgan fingerprint density at radius 3 is 2.52 bits per heavy atom. The lowest BCUT2D eigenvalue weighted by Gasteiger charge is -2.11. The summed E-state index contributed by atoms with van der Waals surface area (Å²) in [6.45, 7) is 0. The highest BCUT2D eigenvalue weighted by Gasteiger charge is 2.26. The second-order valence-electron chi connectivity index (χ2n) is 7.71. The first-order chi connectivity index (χ1) is 15.1. The van der Waals surface area contributed by atoms with Gasteiger partial charge in [-0.3, -0.25) is 4.79 Å². The third-order valence-electron chi connectivity index (χ3n) is 5.64. The van der Waals surface area contributed by atoms with Crippen molar-refractivity contribution in [2.45, 2.75) is 31.7 Å². The third kappa shape index (κ3) is 3.46. The summed E-state index contributed by atoms with van der Waals surface area (Å²) in [7, 11) is 0. The molecule has 2 aromatic heterocycles. The molecule has 1 amide bonds. The first-order valence-electron chi connectivity index (χ1n) is 10.3. The molecular weight excluding hydrogens is 392 g/mol. The van der Waals surface area contributed by atoms with E-state index in [9.17, 15) is 9.90 Å². The number of carbonyl (C=O) groups excluding carboxylic acids is 1. The number of fused-ring (bicyclic) bond motifs is 2. The van der Waals surface area contributed by atoms with Crippen LogP contribution >= 0.6 is 0 Å². The molecule has 8 nitrogen and oxygen atoms in total. The molecule has 1 saturated carbocycles. The van der Waals surface area contributed by atoms with E-state index in [-0.39, 0.29) is 29.1 Å². The zero-order valence-corrected chi connectivity index (χ0v) is 16.8. The number of nitrogens with zero attached hydrogens (tertiary/aromatic N) is 4. The van der Waals surface area contributed by atoms with Gasteiger partial charge in [0.1, 0.15) is 22.6 Å². The number of anilines is 1. The van der Waals surface area contributed by atoms with E-state index in [0.29, 0.717) is 27.8 Å². The van der Waals surface area contributed by atoms with Gasteiger partial charge in [0.25, 0.3) is 5.91 Å². The quantitative estimate of drug-likeness (QED) is 0.442. The molecule has 0 unspecified atom stereocenters.